The van der Waals surface area contributed by atoms with Crippen LogP contribution >= 0.6 is 12.2 Å². The number of thiocarbonyl (C=S) groups is 1. The molecule has 0 aliphatic heterocycles. The molecular formula is C8H10F2N4S. The van der Waals surface area contributed by atoms with Gasteiger partial charge in [-0.2, -0.15) is 0 Å². The van der Waals surface area contributed by atoms with E-state index in [0.29, 0.717) is 11.4 Å². The number of halogens is 2. The Hall–Kier alpha value is -1.11. The van der Waals surface area contributed by atoms with Gasteiger partial charge in [-0.25, -0.2) is 13.5 Å². The summed E-state index contributed by atoms with van der Waals surface area (Å²) in [6, 6.07) is 0. The number of alkyl halides is 2. The summed E-state index contributed by atoms with van der Waals surface area (Å²) in [4.78, 5) is 0.123. The van der Waals surface area contributed by atoms with E-state index in [-0.39, 0.29) is 10.9 Å². The summed E-state index contributed by atoms with van der Waals surface area (Å²) in [5.41, 5.74) is 6.52. The molecule has 0 amide bonds. The molecule has 1 fully saturated rings. The largest absolute Gasteiger partial charge is 0.388 e. The van der Waals surface area contributed by atoms with E-state index in [1.54, 1.807) is 0 Å². The molecule has 0 saturated heterocycles. The van der Waals surface area contributed by atoms with Crippen LogP contribution < -0.4 is 5.73 Å². The second-order valence-electron chi connectivity index (χ2n) is 3.54. The zero-order valence-electron chi connectivity index (χ0n) is 7.86. The van der Waals surface area contributed by atoms with Gasteiger partial charge in [-0.15, -0.1) is 5.10 Å². The topological polar surface area (TPSA) is 56.7 Å². The summed E-state index contributed by atoms with van der Waals surface area (Å²) in [7, 11) is 0. The van der Waals surface area contributed by atoms with Crippen LogP contribution in [-0.4, -0.2) is 26.4 Å². The first kappa shape index (κ1) is 10.4. The van der Waals surface area contributed by atoms with Gasteiger partial charge in [0.15, 0.2) is 0 Å². The van der Waals surface area contributed by atoms with Crippen LogP contribution in [0.4, 0.5) is 8.78 Å². The Balaban J connectivity index is 2.33. The van der Waals surface area contributed by atoms with Gasteiger partial charge in [0.2, 0.25) is 0 Å². The monoisotopic (exact) mass is 232 g/mol. The van der Waals surface area contributed by atoms with Crippen molar-refractivity contribution in [2.24, 2.45) is 5.73 Å². The van der Waals surface area contributed by atoms with Crippen LogP contribution in [0.2, 0.25) is 0 Å². The SMILES string of the molecule is NC(=S)c1nnn(CC(F)F)c1C1CC1. The molecule has 0 aromatic carbocycles. The highest BCUT2D eigenvalue weighted by atomic mass is 32.1. The van der Waals surface area contributed by atoms with Gasteiger partial charge in [-0.3, -0.25) is 0 Å². The molecule has 2 rings (SSSR count). The third-order valence-electron chi connectivity index (χ3n) is 2.28. The Morgan fingerprint density at radius 2 is 2.27 bits per heavy atom. The predicted octanol–water partition coefficient (Wildman–Crippen LogP) is 1.05. The fourth-order valence-corrected chi connectivity index (χ4v) is 1.67. The van der Waals surface area contributed by atoms with Gasteiger partial charge >= 0.3 is 0 Å². The summed E-state index contributed by atoms with van der Waals surface area (Å²) in [5, 5.41) is 7.40. The maximum Gasteiger partial charge on any atom is 0.257 e. The molecule has 15 heavy (non-hydrogen) atoms. The molecule has 1 aromatic heterocycles. The van der Waals surface area contributed by atoms with E-state index in [9.17, 15) is 8.78 Å². The van der Waals surface area contributed by atoms with Crippen LogP contribution in [0.1, 0.15) is 30.1 Å². The molecule has 0 spiro atoms. The first-order valence-corrected chi connectivity index (χ1v) is 5.01. The van der Waals surface area contributed by atoms with Gasteiger partial charge in [0.1, 0.15) is 17.2 Å². The van der Waals surface area contributed by atoms with E-state index in [2.05, 4.69) is 10.3 Å². The average Bonchev–Trinajstić information content (AvgIpc) is 2.87. The van der Waals surface area contributed by atoms with Gasteiger partial charge in [-0.1, -0.05) is 17.4 Å². The minimum Gasteiger partial charge on any atom is -0.388 e. The van der Waals surface area contributed by atoms with E-state index in [4.69, 9.17) is 18.0 Å². The van der Waals surface area contributed by atoms with Crippen molar-refractivity contribution in [3.8, 4) is 0 Å². The molecule has 1 aliphatic rings. The van der Waals surface area contributed by atoms with E-state index in [0.717, 1.165) is 12.8 Å². The highest BCUT2D eigenvalue weighted by Crippen LogP contribution is 2.41. The molecule has 1 heterocycles. The summed E-state index contributed by atoms with van der Waals surface area (Å²) in [6.07, 6.45) is -0.512. The quantitative estimate of drug-likeness (QED) is 0.788. The highest BCUT2D eigenvalue weighted by molar-refractivity contribution is 7.80. The van der Waals surface area contributed by atoms with Gasteiger partial charge in [0, 0.05) is 5.92 Å². The fraction of sp³-hybridized carbons (Fsp3) is 0.625. The smallest absolute Gasteiger partial charge is 0.257 e. The molecule has 1 saturated carbocycles. The number of aromatic nitrogens is 3. The molecular weight excluding hydrogens is 222 g/mol. The number of nitrogens with two attached hydrogens (primary N) is 1. The van der Waals surface area contributed by atoms with Crippen LogP contribution in [0, 0.1) is 0 Å². The molecule has 0 atom stereocenters. The first-order chi connectivity index (χ1) is 7.09. The van der Waals surface area contributed by atoms with Gasteiger partial charge in [-0.05, 0) is 12.8 Å². The molecule has 2 N–H and O–H groups in total. The third-order valence-corrected chi connectivity index (χ3v) is 2.48. The van der Waals surface area contributed by atoms with E-state index in [1.807, 2.05) is 0 Å². The summed E-state index contributed by atoms with van der Waals surface area (Å²) in [6.45, 7) is -0.443. The lowest BCUT2D eigenvalue weighted by Gasteiger charge is -2.05. The molecule has 82 valence electrons. The van der Waals surface area contributed by atoms with E-state index >= 15 is 0 Å². The molecule has 7 heteroatoms. The Bertz CT molecular complexity index is 386. The molecule has 0 bridgehead atoms. The second-order valence-corrected chi connectivity index (χ2v) is 3.97. The van der Waals surface area contributed by atoms with Crippen molar-refractivity contribution in [1.29, 1.82) is 0 Å². The lowest BCUT2D eigenvalue weighted by atomic mass is 10.2. The normalized spacial score (nSPS) is 15.9. The Kier molecular flexibility index (Phi) is 2.64. The van der Waals surface area contributed by atoms with E-state index in [1.165, 1.54) is 4.68 Å². The van der Waals surface area contributed by atoms with Gasteiger partial charge < -0.3 is 5.73 Å². The van der Waals surface area contributed by atoms with E-state index < -0.39 is 13.0 Å². The van der Waals surface area contributed by atoms with Crippen LogP contribution in [0.15, 0.2) is 0 Å². The van der Waals surface area contributed by atoms with Crippen LogP contribution in [0.5, 0.6) is 0 Å². The molecule has 0 radical (unpaired) electrons. The van der Waals surface area contributed by atoms with Crippen LogP contribution in [0.25, 0.3) is 0 Å². The van der Waals surface area contributed by atoms with Gasteiger partial charge in [0.25, 0.3) is 6.43 Å². The lowest BCUT2D eigenvalue weighted by Crippen LogP contribution is -2.15. The Morgan fingerprint density at radius 3 is 2.73 bits per heavy atom. The average molecular weight is 232 g/mol. The van der Waals surface area contributed by atoms with Crippen LogP contribution in [0.3, 0.4) is 0 Å². The Morgan fingerprint density at radius 1 is 1.60 bits per heavy atom. The van der Waals surface area contributed by atoms with Crippen molar-refractivity contribution in [2.75, 3.05) is 0 Å². The van der Waals surface area contributed by atoms with Crippen molar-refractivity contribution in [2.45, 2.75) is 31.7 Å². The molecule has 4 nitrogen and oxygen atoms in total. The van der Waals surface area contributed by atoms with Crippen molar-refractivity contribution in [3.63, 3.8) is 0 Å². The third kappa shape index (κ3) is 2.11. The molecule has 1 aliphatic carbocycles. The Labute approximate surface area is 90.4 Å². The number of nitrogens with zero attached hydrogens (tertiary/aromatic N) is 3. The van der Waals surface area contributed by atoms with Crippen molar-refractivity contribution < 1.29 is 8.78 Å². The van der Waals surface area contributed by atoms with Gasteiger partial charge in [0.05, 0.1) is 5.69 Å². The van der Waals surface area contributed by atoms with Crippen LogP contribution in [-0.2, 0) is 6.54 Å². The second kappa shape index (κ2) is 3.80. The zero-order chi connectivity index (χ0) is 11.0. The predicted molar refractivity (Wildman–Crippen MR) is 53.9 cm³/mol. The van der Waals surface area contributed by atoms with Crippen molar-refractivity contribution in [1.82, 2.24) is 15.0 Å². The summed E-state index contributed by atoms with van der Waals surface area (Å²) < 4.78 is 25.7. The highest BCUT2D eigenvalue weighted by Gasteiger charge is 2.32. The minimum absolute atomic E-state index is 0.123. The first-order valence-electron chi connectivity index (χ1n) is 4.61. The zero-order valence-corrected chi connectivity index (χ0v) is 8.68. The maximum absolute atomic E-state index is 12.2. The van der Waals surface area contributed by atoms with Crippen molar-refractivity contribution >= 4 is 17.2 Å². The standard InChI is InChI=1S/C8H10F2N4S/c9-5(10)3-14-7(4-1-2-4)6(8(11)15)12-13-14/h4-5H,1-3H2,(H2,11,15). The summed E-state index contributed by atoms with van der Waals surface area (Å²) >= 11 is 4.80. The number of rotatable bonds is 4. The van der Waals surface area contributed by atoms with Crippen molar-refractivity contribution in [3.05, 3.63) is 11.4 Å². The molecule has 1 aromatic rings. The lowest BCUT2D eigenvalue weighted by molar-refractivity contribution is 0.119. The maximum atomic E-state index is 12.2. The summed E-state index contributed by atoms with van der Waals surface area (Å²) in [5.74, 6) is 0.246. The molecule has 0 unspecified atom stereocenters. The minimum atomic E-state index is -2.44. The number of hydrogen-bond acceptors (Lipinski definition) is 3. The fourth-order valence-electron chi connectivity index (χ4n) is 1.52. The number of hydrogen-bond donors (Lipinski definition) is 1.